The Morgan fingerprint density at radius 1 is 1.00 bits per heavy atom. The minimum Gasteiger partial charge on any atom is -0.497 e. The second-order valence-corrected chi connectivity index (χ2v) is 9.14. The molecule has 4 atom stereocenters. The molecule has 0 radical (unpaired) electrons. The predicted octanol–water partition coefficient (Wildman–Crippen LogP) is 3.15. The SMILES string of the molecule is CCc1cc(/C=C/CO)cc(OC)c1OC(COC1CC(O)CC(CO)O1)Cc1cc(OC)cc(OC)c1. The zero-order chi connectivity index (χ0) is 27.5. The fourth-order valence-electron chi connectivity index (χ4n) is 4.45. The molecular weight excluding hydrogens is 492 g/mol. The number of aliphatic hydroxyl groups is 3. The van der Waals surface area contributed by atoms with E-state index in [1.807, 2.05) is 37.3 Å². The Labute approximate surface area is 224 Å². The lowest BCUT2D eigenvalue weighted by Gasteiger charge is -2.33. The summed E-state index contributed by atoms with van der Waals surface area (Å²) in [6, 6.07) is 9.51. The number of benzene rings is 2. The minimum absolute atomic E-state index is 0.0550. The van der Waals surface area contributed by atoms with Crippen LogP contribution >= 0.6 is 0 Å². The molecule has 3 rings (SSSR count). The molecule has 0 saturated carbocycles. The molecule has 9 nitrogen and oxygen atoms in total. The number of aliphatic hydroxyl groups excluding tert-OH is 3. The van der Waals surface area contributed by atoms with E-state index < -0.39 is 24.6 Å². The van der Waals surface area contributed by atoms with E-state index in [1.54, 1.807) is 33.5 Å². The van der Waals surface area contributed by atoms with Crippen LogP contribution in [0.15, 0.2) is 36.4 Å². The van der Waals surface area contributed by atoms with E-state index in [9.17, 15) is 10.2 Å². The van der Waals surface area contributed by atoms with E-state index in [0.29, 0.717) is 48.7 Å². The van der Waals surface area contributed by atoms with Crippen molar-refractivity contribution in [1.82, 2.24) is 0 Å². The van der Waals surface area contributed by atoms with E-state index in [2.05, 4.69) is 0 Å². The highest BCUT2D eigenvalue weighted by atomic mass is 16.7. The third-order valence-corrected chi connectivity index (χ3v) is 6.35. The van der Waals surface area contributed by atoms with E-state index in [-0.39, 0.29) is 19.8 Å². The molecule has 1 aliphatic heterocycles. The van der Waals surface area contributed by atoms with Gasteiger partial charge >= 0.3 is 0 Å². The maximum atomic E-state index is 10.2. The standard InChI is InChI=1S/C29H40O9/c1-5-21-9-19(7-6-8-30)13-27(35-4)29(21)38-26(12-20-10-23(33-2)16-24(11-20)34-3)18-36-28-15-22(32)14-25(17-31)37-28/h6-7,9-11,13,16,22,25-26,28,30-32H,5,8,12,14-15,17-18H2,1-4H3/b7-6+. The molecule has 4 unspecified atom stereocenters. The summed E-state index contributed by atoms with van der Waals surface area (Å²) in [6.45, 7) is 1.95. The number of methoxy groups -OCH3 is 3. The fourth-order valence-corrected chi connectivity index (χ4v) is 4.45. The van der Waals surface area contributed by atoms with Gasteiger partial charge in [-0.2, -0.15) is 0 Å². The monoisotopic (exact) mass is 532 g/mol. The zero-order valence-corrected chi connectivity index (χ0v) is 22.6. The van der Waals surface area contributed by atoms with E-state index in [1.165, 1.54) is 0 Å². The largest absolute Gasteiger partial charge is 0.497 e. The molecule has 2 aromatic rings. The normalized spacial score (nSPS) is 20.3. The molecule has 9 heteroatoms. The maximum absolute atomic E-state index is 10.2. The first-order valence-electron chi connectivity index (χ1n) is 12.9. The van der Waals surface area contributed by atoms with Gasteiger partial charge in [-0.25, -0.2) is 0 Å². The summed E-state index contributed by atoms with van der Waals surface area (Å²) in [5, 5.41) is 28.9. The lowest BCUT2D eigenvalue weighted by Crippen LogP contribution is -2.40. The van der Waals surface area contributed by atoms with E-state index in [0.717, 1.165) is 16.7 Å². The Balaban J connectivity index is 1.90. The average Bonchev–Trinajstić information content (AvgIpc) is 2.94. The molecule has 1 aliphatic rings. The van der Waals surface area contributed by atoms with Crippen molar-refractivity contribution in [3.8, 4) is 23.0 Å². The van der Waals surface area contributed by atoms with Crippen molar-refractivity contribution in [3.63, 3.8) is 0 Å². The molecule has 3 N–H and O–H groups in total. The third-order valence-electron chi connectivity index (χ3n) is 6.35. The van der Waals surface area contributed by atoms with Crippen LogP contribution in [-0.2, 0) is 22.3 Å². The summed E-state index contributed by atoms with van der Waals surface area (Å²) >= 11 is 0. The Morgan fingerprint density at radius 3 is 2.34 bits per heavy atom. The second kappa shape index (κ2) is 14.9. The van der Waals surface area contributed by atoms with Crippen LogP contribution in [0, 0.1) is 0 Å². The van der Waals surface area contributed by atoms with Crippen LogP contribution in [0.2, 0.25) is 0 Å². The first-order valence-corrected chi connectivity index (χ1v) is 12.9. The lowest BCUT2D eigenvalue weighted by atomic mass is 10.0. The summed E-state index contributed by atoms with van der Waals surface area (Å²) in [4.78, 5) is 0. The van der Waals surface area contributed by atoms with Gasteiger partial charge in [0.05, 0.1) is 53.4 Å². The number of aryl methyl sites for hydroxylation is 1. The van der Waals surface area contributed by atoms with E-state index >= 15 is 0 Å². The molecule has 38 heavy (non-hydrogen) atoms. The van der Waals surface area contributed by atoms with Gasteiger partial charge < -0.3 is 43.7 Å². The van der Waals surface area contributed by atoms with Crippen LogP contribution in [0.5, 0.6) is 23.0 Å². The van der Waals surface area contributed by atoms with Crippen molar-refractivity contribution in [1.29, 1.82) is 0 Å². The zero-order valence-electron chi connectivity index (χ0n) is 22.6. The van der Waals surface area contributed by atoms with Gasteiger partial charge in [0.1, 0.15) is 17.6 Å². The smallest absolute Gasteiger partial charge is 0.164 e. The van der Waals surface area contributed by atoms with Crippen LogP contribution in [0.3, 0.4) is 0 Å². The first kappa shape index (κ1) is 29.7. The Hall–Kier alpha value is -2.82. The van der Waals surface area contributed by atoms with Crippen LogP contribution in [-0.4, -0.2) is 81.1 Å². The minimum atomic E-state index is -0.666. The van der Waals surface area contributed by atoms with Crippen molar-refractivity contribution in [2.24, 2.45) is 0 Å². The molecule has 210 valence electrons. The molecule has 1 saturated heterocycles. The summed E-state index contributed by atoms with van der Waals surface area (Å²) < 4.78 is 35.0. The van der Waals surface area contributed by atoms with Crippen LogP contribution in [0.25, 0.3) is 6.08 Å². The van der Waals surface area contributed by atoms with Gasteiger partial charge in [-0.05, 0) is 47.4 Å². The third kappa shape index (κ3) is 8.34. The Kier molecular flexibility index (Phi) is 11.7. The quantitative estimate of drug-likeness (QED) is 0.337. The van der Waals surface area contributed by atoms with Crippen molar-refractivity contribution >= 4 is 6.08 Å². The highest BCUT2D eigenvalue weighted by Crippen LogP contribution is 2.36. The number of hydrogen-bond donors (Lipinski definition) is 3. The van der Waals surface area contributed by atoms with Crippen molar-refractivity contribution in [3.05, 3.63) is 53.1 Å². The van der Waals surface area contributed by atoms with Gasteiger partial charge in [0.15, 0.2) is 17.8 Å². The van der Waals surface area contributed by atoms with Gasteiger partial charge in [-0.15, -0.1) is 0 Å². The molecule has 0 bridgehead atoms. The summed E-state index contributed by atoms with van der Waals surface area (Å²) in [5.74, 6) is 2.50. The van der Waals surface area contributed by atoms with Gasteiger partial charge in [-0.1, -0.05) is 19.1 Å². The number of ether oxygens (including phenoxy) is 6. The second-order valence-electron chi connectivity index (χ2n) is 9.14. The van der Waals surface area contributed by atoms with Crippen LogP contribution < -0.4 is 18.9 Å². The molecule has 0 aromatic heterocycles. The number of rotatable bonds is 14. The van der Waals surface area contributed by atoms with Crippen molar-refractivity contribution in [2.45, 2.75) is 57.2 Å². The molecular formula is C29H40O9. The molecule has 1 heterocycles. The highest BCUT2D eigenvalue weighted by Gasteiger charge is 2.30. The van der Waals surface area contributed by atoms with Gasteiger partial charge in [0.2, 0.25) is 0 Å². The topological polar surface area (TPSA) is 116 Å². The van der Waals surface area contributed by atoms with Crippen LogP contribution in [0.1, 0.15) is 36.5 Å². The van der Waals surface area contributed by atoms with E-state index in [4.69, 9.17) is 33.5 Å². The Morgan fingerprint density at radius 2 is 1.74 bits per heavy atom. The lowest BCUT2D eigenvalue weighted by molar-refractivity contribution is -0.227. The predicted molar refractivity (Wildman–Crippen MR) is 143 cm³/mol. The summed E-state index contributed by atoms with van der Waals surface area (Å²) in [7, 11) is 4.79. The molecule has 0 amide bonds. The van der Waals surface area contributed by atoms with Crippen molar-refractivity contribution < 1.29 is 43.7 Å². The number of hydrogen-bond acceptors (Lipinski definition) is 9. The highest BCUT2D eigenvalue weighted by molar-refractivity contribution is 5.59. The fraction of sp³-hybridized carbons (Fsp3) is 0.517. The van der Waals surface area contributed by atoms with Gasteiger partial charge in [-0.3, -0.25) is 0 Å². The Bertz CT molecular complexity index is 991. The molecule has 2 aromatic carbocycles. The summed E-state index contributed by atoms with van der Waals surface area (Å²) in [6.07, 6.45) is 3.13. The van der Waals surface area contributed by atoms with Gasteiger partial charge in [0, 0.05) is 25.3 Å². The molecule has 0 spiro atoms. The molecule has 1 fully saturated rings. The van der Waals surface area contributed by atoms with Crippen molar-refractivity contribution in [2.75, 3.05) is 41.2 Å². The molecule has 0 aliphatic carbocycles. The maximum Gasteiger partial charge on any atom is 0.164 e. The van der Waals surface area contributed by atoms with Crippen LogP contribution in [0.4, 0.5) is 0 Å². The first-order chi connectivity index (χ1) is 18.4. The van der Waals surface area contributed by atoms with Gasteiger partial charge in [0.25, 0.3) is 0 Å². The summed E-state index contributed by atoms with van der Waals surface area (Å²) in [5.41, 5.74) is 2.76. The average molecular weight is 533 g/mol.